The van der Waals surface area contributed by atoms with Crippen LogP contribution in [0.4, 0.5) is 0 Å². The lowest BCUT2D eigenvalue weighted by Crippen LogP contribution is -2.65. The second-order valence-electron chi connectivity index (χ2n) is 8.49. The van der Waals surface area contributed by atoms with Gasteiger partial charge in [-0.25, -0.2) is 0 Å². The summed E-state index contributed by atoms with van der Waals surface area (Å²) < 4.78 is 0. The van der Waals surface area contributed by atoms with E-state index in [4.69, 9.17) is 11.5 Å². The second-order valence-corrected chi connectivity index (χ2v) is 8.49. The maximum atomic E-state index is 6.99. The third-order valence-corrected chi connectivity index (χ3v) is 6.42. The van der Waals surface area contributed by atoms with E-state index in [1.807, 2.05) is 0 Å². The van der Waals surface area contributed by atoms with Crippen LogP contribution in [0.2, 0.25) is 0 Å². The van der Waals surface area contributed by atoms with Gasteiger partial charge in [-0.05, 0) is 38.0 Å². The van der Waals surface area contributed by atoms with E-state index in [1.165, 1.54) is 83.5 Å². The van der Waals surface area contributed by atoms with Gasteiger partial charge in [-0.3, -0.25) is 0 Å². The van der Waals surface area contributed by atoms with Crippen LogP contribution in [-0.4, -0.2) is 5.66 Å². The molecule has 0 atom stereocenters. The average Bonchev–Trinajstić information content (AvgIpc) is 2.61. The molecule has 0 fully saturated rings. The summed E-state index contributed by atoms with van der Waals surface area (Å²) in [7, 11) is 0. The van der Waals surface area contributed by atoms with E-state index in [0.29, 0.717) is 5.92 Å². The molecule has 152 valence electrons. The van der Waals surface area contributed by atoms with Crippen molar-refractivity contribution in [1.29, 1.82) is 0 Å². The van der Waals surface area contributed by atoms with Gasteiger partial charge >= 0.3 is 0 Å². The van der Waals surface area contributed by atoms with Gasteiger partial charge in [-0.15, -0.1) is 0 Å². The smallest absolute Gasteiger partial charge is 0.0697 e. The molecule has 0 saturated carbocycles. The van der Waals surface area contributed by atoms with Gasteiger partial charge in [-0.2, -0.15) is 0 Å². The van der Waals surface area contributed by atoms with Crippen molar-refractivity contribution >= 4 is 0 Å². The summed E-state index contributed by atoms with van der Waals surface area (Å²) in [5.41, 5.74) is 13.6. The molecule has 0 amide bonds. The molecule has 0 aromatic carbocycles. The van der Waals surface area contributed by atoms with Gasteiger partial charge in [0.2, 0.25) is 0 Å². The van der Waals surface area contributed by atoms with Crippen molar-refractivity contribution in [2.24, 2.45) is 22.8 Å². The molecule has 0 aromatic heterocycles. The van der Waals surface area contributed by atoms with Gasteiger partial charge in [0.1, 0.15) is 0 Å². The Balaban J connectivity index is 5.76. The molecule has 0 aliphatic rings. The summed E-state index contributed by atoms with van der Waals surface area (Å²) in [6, 6.07) is 0. The molecule has 0 aromatic rings. The summed E-state index contributed by atoms with van der Waals surface area (Å²) in [5.74, 6) is 0.692. The van der Waals surface area contributed by atoms with Crippen molar-refractivity contribution in [3.8, 4) is 0 Å². The Morgan fingerprint density at radius 1 is 0.560 bits per heavy atom. The monoisotopic (exact) mass is 354 g/mol. The highest BCUT2D eigenvalue weighted by molar-refractivity contribution is 5.02. The fraction of sp³-hybridized carbons (Fsp3) is 1.00. The number of nitrogens with two attached hydrogens (primary N) is 2. The highest BCUT2D eigenvalue weighted by Gasteiger charge is 2.49. The Bertz CT molecular complexity index is 282. The van der Waals surface area contributed by atoms with E-state index < -0.39 is 5.66 Å². The van der Waals surface area contributed by atoms with Crippen LogP contribution in [0.5, 0.6) is 0 Å². The Labute approximate surface area is 159 Å². The molecular weight excluding hydrogens is 304 g/mol. The standard InChI is InChI=1S/C23H50N2/c1-6-11-16-21(17-12-7-2)22(18-13-8-3,19-14-9-4)23(24,25)20-15-10-5/h21H,6-20,24-25H2,1-5H3. The van der Waals surface area contributed by atoms with Gasteiger partial charge in [0.15, 0.2) is 0 Å². The van der Waals surface area contributed by atoms with E-state index in [9.17, 15) is 0 Å². The SMILES string of the molecule is CCCCC(CCCC)C(CCCC)(CCCC)C(N)(N)CCCC. The van der Waals surface area contributed by atoms with Gasteiger partial charge in [-0.1, -0.05) is 98.8 Å². The summed E-state index contributed by atoms with van der Waals surface area (Å²) in [4.78, 5) is 0. The van der Waals surface area contributed by atoms with Crippen LogP contribution in [-0.2, 0) is 0 Å². The predicted molar refractivity (Wildman–Crippen MR) is 115 cm³/mol. The summed E-state index contributed by atoms with van der Waals surface area (Å²) in [6.07, 6.45) is 18.6. The number of rotatable bonds is 17. The lowest BCUT2D eigenvalue weighted by Gasteiger charge is -2.52. The van der Waals surface area contributed by atoms with Crippen molar-refractivity contribution in [2.75, 3.05) is 0 Å². The van der Waals surface area contributed by atoms with Gasteiger partial charge in [0.05, 0.1) is 5.66 Å². The van der Waals surface area contributed by atoms with E-state index in [0.717, 1.165) is 12.8 Å². The van der Waals surface area contributed by atoms with Crippen molar-refractivity contribution in [1.82, 2.24) is 0 Å². The number of hydrogen-bond donors (Lipinski definition) is 2. The number of unbranched alkanes of at least 4 members (excludes halogenated alkanes) is 5. The normalized spacial score (nSPS) is 13.0. The Morgan fingerprint density at radius 3 is 1.28 bits per heavy atom. The first kappa shape index (κ1) is 24.9. The molecule has 25 heavy (non-hydrogen) atoms. The molecule has 2 heteroatoms. The fourth-order valence-corrected chi connectivity index (χ4v) is 4.68. The van der Waals surface area contributed by atoms with E-state index in [1.54, 1.807) is 0 Å². The lowest BCUT2D eigenvalue weighted by atomic mass is 9.57. The highest BCUT2D eigenvalue weighted by atomic mass is 15.0. The molecular formula is C23H50N2. The topological polar surface area (TPSA) is 52.0 Å². The zero-order chi connectivity index (χ0) is 19.2. The van der Waals surface area contributed by atoms with E-state index >= 15 is 0 Å². The maximum absolute atomic E-state index is 6.99. The molecule has 0 bridgehead atoms. The Kier molecular flexibility index (Phi) is 14.0. The highest BCUT2D eigenvalue weighted by Crippen LogP contribution is 2.50. The molecule has 0 unspecified atom stereocenters. The first-order valence-corrected chi connectivity index (χ1v) is 11.5. The molecule has 0 saturated heterocycles. The first-order chi connectivity index (χ1) is 12.0. The van der Waals surface area contributed by atoms with Crippen LogP contribution < -0.4 is 11.5 Å². The van der Waals surface area contributed by atoms with Crippen molar-refractivity contribution < 1.29 is 0 Å². The lowest BCUT2D eigenvalue weighted by molar-refractivity contribution is 0.00189. The van der Waals surface area contributed by atoms with Crippen LogP contribution >= 0.6 is 0 Å². The molecule has 0 heterocycles. The van der Waals surface area contributed by atoms with E-state index in [-0.39, 0.29) is 5.41 Å². The maximum Gasteiger partial charge on any atom is 0.0697 e. The summed E-state index contributed by atoms with van der Waals surface area (Å²) in [5, 5.41) is 0. The number of hydrogen-bond acceptors (Lipinski definition) is 2. The predicted octanol–water partition coefficient (Wildman–Crippen LogP) is 7.15. The van der Waals surface area contributed by atoms with Crippen LogP contribution in [0.15, 0.2) is 0 Å². The first-order valence-electron chi connectivity index (χ1n) is 11.5. The van der Waals surface area contributed by atoms with Crippen molar-refractivity contribution in [2.45, 2.75) is 137 Å². The van der Waals surface area contributed by atoms with E-state index in [2.05, 4.69) is 34.6 Å². The minimum Gasteiger partial charge on any atom is -0.313 e. The quantitative estimate of drug-likeness (QED) is 0.272. The molecule has 0 aliphatic carbocycles. The Hall–Kier alpha value is -0.0800. The molecule has 0 spiro atoms. The molecule has 0 rings (SSSR count). The molecule has 2 nitrogen and oxygen atoms in total. The van der Waals surface area contributed by atoms with Crippen molar-refractivity contribution in [3.05, 3.63) is 0 Å². The van der Waals surface area contributed by atoms with Crippen LogP contribution in [0.3, 0.4) is 0 Å². The molecule has 0 aliphatic heterocycles. The van der Waals surface area contributed by atoms with Crippen molar-refractivity contribution in [3.63, 3.8) is 0 Å². The molecule has 4 N–H and O–H groups in total. The summed E-state index contributed by atoms with van der Waals surface area (Å²) in [6.45, 7) is 11.5. The zero-order valence-electron chi connectivity index (χ0n) is 18.3. The fourth-order valence-electron chi connectivity index (χ4n) is 4.68. The van der Waals surface area contributed by atoms with Gasteiger partial charge < -0.3 is 11.5 Å². The Morgan fingerprint density at radius 2 is 0.920 bits per heavy atom. The third kappa shape index (κ3) is 7.99. The van der Waals surface area contributed by atoms with Crippen LogP contribution in [0.1, 0.15) is 131 Å². The van der Waals surface area contributed by atoms with Crippen LogP contribution in [0, 0.1) is 11.3 Å². The average molecular weight is 355 g/mol. The second kappa shape index (κ2) is 14.0. The van der Waals surface area contributed by atoms with Gasteiger partial charge in [0.25, 0.3) is 0 Å². The summed E-state index contributed by atoms with van der Waals surface area (Å²) >= 11 is 0. The van der Waals surface area contributed by atoms with Crippen LogP contribution in [0.25, 0.3) is 0 Å². The largest absolute Gasteiger partial charge is 0.313 e. The van der Waals surface area contributed by atoms with Gasteiger partial charge in [0, 0.05) is 5.41 Å². The molecule has 0 radical (unpaired) electrons. The zero-order valence-corrected chi connectivity index (χ0v) is 18.3. The minimum absolute atomic E-state index is 0.124. The third-order valence-electron chi connectivity index (χ3n) is 6.42. The minimum atomic E-state index is -0.514.